The van der Waals surface area contributed by atoms with Crippen LogP contribution in [0.5, 0.6) is 11.5 Å². The van der Waals surface area contributed by atoms with Crippen LogP contribution in [0.4, 0.5) is 0 Å². The average molecular weight is 538 g/mol. The Hall–Kier alpha value is -3.35. The average Bonchev–Trinajstić information content (AvgIpc) is 2.85. The number of halogens is 2. The fourth-order valence-electron chi connectivity index (χ4n) is 3.50. The summed E-state index contributed by atoms with van der Waals surface area (Å²) in [6.45, 7) is 0.373. The molecule has 4 aromatic rings. The molecule has 0 bridgehead atoms. The second-order valence-electron chi connectivity index (χ2n) is 7.55. The lowest BCUT2D eigenvalue weighted by Crippen LogP contribution is -2.19. The molecule has 0 aliphatic rings. The normalized spacial score (nSPS) is 11.0. The molecule has 34 heavy (non-hydrogen) atoms. The lowest BCUT2D eigenvalue weighted by Gasteiger charge is -2.13. The molecule has 0 aliphatic carbocycles. The van der Waals surface area contributed by atoms with Crippen molar-refractivity contribution in [1.82, 2.24) is 5.43 Å². The van der Waals surface area contributed by atoms with Gasteiger partial charge < -0.3 is 9.47 Å². The highest BCUT2D eigenvalue weighted by molar-refractivity contribution is 9.10. The van der Waals surface area contributed by atoms with Gasteiger partial charge >= 0.3 is 0 Å². The lowest BCUT2D eigenvalue weighted by molar-refractivity contribution is -0.120. The molecule has 0 atom stereocenters. The quantitative estimate of drug-likeness (QED) is 0.205. The van der Waals surface area contributed by atoms with E-state index in [1.54, 1.807) is 19.4 Å². The first-order chi connectivity index (χ1) is 16.5. The Labute approximate surface area is 211 Å². The van der Waals surface area contributed by atoms with Gasteiger partial charge in [0.2, 0.25) is 5.91 Å². The maximum absolute atomic E-state index is 12.5. The van der Waals surface area contributed by atoms with Gasteiger partial charge in [-0.3, -0.25) is 4.79 Å². The van der Waals surface area contributed by atoms with E-state index in [2.05, 4.69) is 26.5 Å². The molecule has 5 nitrogen and oxygen atoms in total. The lowest BCUT2D eigenvalue weighted by atomic mass is 10.0. The van der Waals surface area contributed by atoms with Crippen molar-refractivity contribution in [2.24, 2.45) is 5.10 Å². The van der Waals surface area contributed by atoms with Crippen molar-refractivity contribution in [3.8, 4) is 11.5 Å². The Kier molecular flexibility index (Phi) is 7.83. The zero-order valence-corrected chi connectivity index (χ0v) is 20.8. The van der Waals surface area contributed by atoms with Crippen molar-refractivity contribution in [1.29, 1.82) is 0 Å². The molecule has 0 spiro atoms. The van der Waals surface area contributed by atoms with E-state index in [4.69, 9.17) is 21.1 Å². The molecule has 0 aromatic heterocycles. The summed E-state index contributed by atoms with van der Waals surface area (Å²) in [6.07, 6.45) is 1.80. The number of benzene rings is 4. The zero-order valence-electron chi connectivity index (χ0n) is 18.4. The first kappa shape index (κ1) is 23.8. The molecule has 1 amide bonds. The zero-order chi connectivity index (χ0) is 23.9. The van der Waals surface area contributed by atoms with Gasteiger partial charge in [-0.1, -0.05) is 66.2 Å². The summed E-state index contributed by atoms with van der Waals surface area (Å²) < 4.78 is 12.2. The topological polar surface area (TPSA) is 59.9 Å². The van der Waals surface area contributed by atoms with E-state index in [9.17, 15) is 4.79 Å². The van der Waals surface area contributed by atoms with Crippen molar-refractivity contribution in [3.05, 3.63) is 105 Å². The Morgan fingerprint density at radius 1 is 1.03 bits per heavy atom. The van der Waals surface area contributed by atoms with E-state index in [0.717, 1.165) is 31.9 Å². The monoisotopic (exact) mass is 536 g/mol. The maximum Gasteiger partial charge on any atom is 0.244 e. The number of ether oxygens (including phenoxy) is 2. The molecule has 1 N–H and O–H groups in total. The van der Waals surface area contributed by atoms with Crippen molar-refractivity contribution < 1.29 is 14.3 Å². The second kappa shape index (κ2) is 11.2. The first-order valence-corrected chi connectivity index (χ1v) is 11.7. The third kappa shape index (κ3) is 5.95. The molecule has 0 heterocycles. The minimum atomic E-state index is -0.196. The summed E-state index contributed by atoms with van der Waals surface area (Å²) >= 11 is 9.47. The molecule has 0 radical (unpaired) electrons. The second-order valence-corrected chi connectivity index (χ2v) is 8.84. The van der Waals surface area contributed by atoms with E-state index >= 15 is 0 Å². The minimum Gasteiger partial charge on any atom is -0.493 e. The van der Waals surface area contributed by atoms with Crippen LogP contribution >= 0.6 is 27.5 Å². The van der Waals surface area contributed by atoms with Crippen LogP contribution in [0.1, 0.15) is 16.7 Å². The molecule has 0 fully saturated rings. The summed E-state index contributed by atoms with van der Waals surface area (Å²) in [5, 5.41) is 6.96. The molecule has 4 aromatic carbocycles. The van der Waals surface area contributed by atoms with E-state index in [-0.39, 0.29) is 12.3 Å². The van der Waals surface area contributed by atoms with Crippen LogP contribution in [0.3, 0.4) is 0 Å². The standard InChI is InChI=1S/C27H22BrClN2O3/c1-33-25-13-21(24(28)15-26(25)34-17-18-9-11-22(29)12-10-18)16-30-31-27(32)14-20-7-4-6-19-5-2-3-8-23(19)20/h2-13,15-16H,14,17H2,1H3,(H,31,32)/b30-16-. The molecule has 0 saturated heterocycles. The Bertz CT molecular complexity index is 1330. The van der Waals surface area contributed by atoms with Crippen LogP contribution in [0.2, 0.25) is 5.02 Å². The predicted molar refractivity (Wildman–Crippen MR) is 140 cm³/mol. The number of nitrogens with one attached hydrogen (secondary N) is 1. The number of hydrogen-bond donors (Lipinski definition) is 1. The predicted octanol–water partition coefficient (Wildman–Crippen LogP) is 6.54. The van der Waals surface area contributed by atoms with Crippen LogP contribution in [0.25, 0.3) is 10.8 Å². The summed E-state index contributed by atoms with van der Waals surface area (Å²) in [6, 6.07) is 25.0. The SMILES string of the molecule is COc1cc(/C=N\NC(=O)Cc2cccc3ccccc23)c(Br)cc1OCc1ccc(Cl)cc1. The Morgan fingerprint density at radius 2 is 1.79 bits per heavy atom. The van der Waals surface area contributed by atoms with Gasteiger partial charge in [0.15, 0.2) is 11.5 Å². The van der Waals surface area contributed by atoms with E-state index in [0.29, 0.717) is 23.1 Å². The van der Waals surface area contributed by atoms with E-state index in [1.807, 2.05) is 72.8 Å². The number of amides is 1. The number of nitrogens with zero attached hydrogens (tertiary/aromatic N) is 1. The fourth-order valence-corrected chi connectivity index (χ4v) is 4.05. The molecule has 172 valence electrons. The highest BCUT2D eigenvalue weighted by Gasteiger charge is 2.11. The molecule has 4 rings (SSSR count). The summed E-state index contributed by atoms with van der Waals surface area (Å²) in [5.41, 5.74) is 5.28. The van der Waals surface area contributed by atoms with Crippen LogP contribution in [0.15, 0.2) is 88.4 Å². The molecule has 0 unspecified atom stereocenters. The van der Waals surface area contributed by atoms with Crippen LogP contribution in [-0.4, -0.2) is 19.2 Å². The third-order valence-corrected chi connectivity index (χ3v) is 6.15. The van der Waals surface area contributed by atoms with Crippen molar-refractivity contribution in [3.63, 3.8) is 0 Å². The van der Waals surface area contributed by atoms with Crippen LogP contribution in [-0.2, 0) is 17.8 Å². The highest BCUT2D eigenvalue weighted by atomic mass is 79.9. The summed E-state index contributed by atoms with van der Waals surface area (Å²) in [4.78, 5) is 12.5. The van der Waals surface area contributed by atoms with E-state index in [1.165, 1.54) is 0 Å². The molecular weight excluding hydrogens is 516 g/mol. The van der Waals surface area contributed by atoms with Crippen LogP contribution in [0, 0.1) is 0 Å². The van der Waals surface area contributed by atoms with Gasteiger partial charge in [-0.25, -0.2) is 5.43 Å². The van der Waals surface area contributed by atoms with Gasteiger partial charge in [0.25, 0.3) is 0 Å². The van der Waals surface area contributed by atoms with Gasteiger partial charge in [0.1, 0.15) is 6.61 Å². The molecule has 0 aliphatic heterocycles. The highest BCUT2D eigenvalue weighted by Crippen LogP contribution is 2.33. The van der Waals surface area contributed by atoms with Crippen molar-refractivity contribution in [2.75, 3.05) is 7.11 Å². The van der Waals surface area contributed by atoms with Crippen molar-refractivity contribution >= 4 is 50.4 Å². The van der Waals surface area contributed by atoms with Gasteiger partial charge in [-0.05, 0) is 62.1 Å². The number of methoxy groups -OCH3 is 1. The van der Waals surface area contributed by atoms with Gasteiger partial charge in [-0.15, -0.1) is 0 Å². The number of carbonyl (C=O) groups excluding carboxylic acids is 1. The fraction of sp³-hybridized carbons (Fsp3) is 0.111. The number of fused-ring (bicyclic) bond motifs is 1. The Morgan fingerprint density at radius 3 is 2.59 bits per heavy atom. The first-order valence-electron chi connectivity index (χ1n) is 10.6. The third-order valence-electron chi connectivity index (χ3n) is 5.21. The molecular formula is C27H22BrClN2O3. The molecule has 0 saturated carbocycles. The van der Waals surface area contributed by atoms with Gasteiger partial charge in [0.05, 0.1) is 19.7 Å². The Balaban J connectivity index is 1.41. The van der Waals surface area contributed by atoms with Gasteiger partial charge in [-0.2, -0.15) is 5.10 Å². The maximum atomic E-state index is 12.5. The minimum absolute atomic E-state index is 0.196. The number of hydrazone groups is 1. The van der Waals surface area contributed by atoms with Crippen LogP contribution < -0.4 is 14.9 Å². The summed E-state index contributed by atoms with van der Waals surface area (Å²) in [5.74, 6) is 0.945. The smallest absolute Gasteiger partial charge is 0.244 e. The molecule has 7 heteroatoms. The largest absolute Gasteiger partial charge is 0.493 e. The number of carbonyl (C=O) groups is 1. The number of hydrogen-bond acceptors (Lipinski definition) is 4. The van der Waals surface area contributed by atoms with Crippen molar-refractivity contribution in [2.45, 2.75) is 13.0 Å². The van der Waals surface area contributed by atoms with E-state index < -0.39 is 0 Å². The number of rotatable bonds is 8. The summed E-state index contributed by atoms with van der Waals surface area (Å²) in [7, 11) is 1.57. The van der Waals surface area contributed by atoms with Gasteiger partial charge in [0, 0.05) is 15.1 Å².